The first-order valence-corrected chi connectivity index (χ1v) is 7.14. The van der Waals surface area contributed by atoms with Gasteiger partial charge in [0.05, 0.1) is 4.92 Å². The number of hydrogen-bond donors (Lipinski definition) is 1. The molecule has 0 aromatic carbocycles. The van der Waals surface area contributed by atoms with E-state index >= 15 is 0 Å². The molecule has 0 bridgehead atoms. The molecule has 2 unspecified atom stereocenters. The minimum absolute atomic E-state index is 0.0407. The van der Waals surface area contributed by atoms with Crippen LogP contribution < -0.4 is 10.6 Å². The van der Waals surface area contributed by atoms with E-state index in [2.05, 4.69) is 16.8 Å². The molecule has 20 heavy (non-hydrogen) atoms. The van der Waals surface area contributed by atoms with Crippen LogP contribution in [0.15, 0.2) is 12.3 Å². The van der Waals surface area contributed by atoms with Crippen LogP contribution in [0.2, 0.25) is 0 Å². The molecule has 1 aliphatic heterocycles. The Hall–Kier alpha value is -1.69. The van der Waals surface area contributed by atoms with Gasteiger partial charge < -0.3 is 10.6 Å². The van der Waals surface area contributed by atoms with E-state index in [4.69, 9.17) is 5.73 Å². The molecule has 0 aliphatic carbocycles. The third-order valence-electron chi connectivity index (χ3n) is 4.19. The van der Waals surface area contributed by atoms with Gasteiger partial charge in [0.25, 0.3) is 5.69 Å². The van der Waals surface area contributed by atoms with Crippen LogP contribution in [-0.2, 0) is 0 Å². The minimum Gasteiger partial charge on any atom is -0.352 e. The molecule has 1 saturated heterocycles. The van der Waals surface area contributed by atoms with Gasteiger partial charge in [-0.1, -0.05) is 13.3 Å². The quantitative estimate of drug-likeness (QED) is 0.674. The van der Waals surface area contributed by atoms with E-state index in [1.165, 1.54) is 12.6 Å². The standard InChI is InChI=1S/C14H22N4O2/c1-3-11-4-5-17(12(7-11)8-15)14-10(2)6-13(9-16-14)18(19)20/h6,9,11-12H,3-5,7-8,15H2,1-2H3. The van der Waals surface area contributed by atoms with E-state index < -0.39 is 4.92 Å². The van der Waals surface area contributed by atoms with Crippen molar-refractivity contribution in [1.29, 1.82) is 0 Å². The maximum absolute atomic E-state index is 10.8. The van der Waals surface area contributed by atoms with Crippen LogP contribution in [0, 0.1) is 23.0 Å². The Morgan fingerprint density at radius 1 is 1.60 bits per heavy atom. The molecule has 0 saturated carbocycles. The van der Waals surface area contributed by atoms with Crippen LogP contribution in [0.3, 0.4) is 0 Å². The van der Waals surface area contributed by atoms with Crippen molar-refractivity contribution in [2.24, 2.45) is 11.7 Å². The molecule has 0 spiro atoms. The normalized spacial score (nSPS) is 22.9. The molecular weight excluding hydrogens is 256 g/mol. The third-order valence-corrected chi connectivity index (χ3v) is 4.19. The lowest BCUT2D eigenvalue weighted by atomic mass is 9.88. The van der Waals surface area contributed by atoms with Crippen LogP contribution in [0.1, 0.15) is 31.7 Å². The van der Waals surface area contributed by atoms with Gasteiger partial charge in [0.1, 0.15) is 12.0 Å². The second-order valence-corrected chi connectivity index (χ2v) is 5.47. The number of nitro groups is 1. The van der Waals surface area contributed by atoms with Gasteiger partial charge >= 0.3 is 0 Å². The number of nitrogens with zero attached hydrogens (tertiary/aromatic N) is 3. The van der Waals surface area contributed by atoms with Crippen LogP contribution >= 0.6 is 0 Å². The Kier molecular flexibility index (Phi) is 4.54. The lowest BCUT2D eigenvalue weighted by molar-refractivity contribution is -0.385. The molecule has 1 aromatic heterocycles. The molecule has 0 amide bonds. The molecular formula is C14H22N4O2. The number of anilines is 1. The van der Waals surface area contributed by atoms with Crippen molar-refractivity contribution in [3.05, 3.63) is 27.9 Å². The van der Waals surface area contributed by atoms with E-state index in [-0.39, 0.29) is 11.7 Å². The summed E-state index contributed by atoms with van der Waals surface area (Å²) in [5.74, 6) is 1.55. The molecule has 2 atom stereocenters. The van der Waals surface area contributed by atoms with E-state index in [0.29, 0.717) is 6.54 Å². The number of pyridine rings is 1. The van der Waals surface area contributed by atoms with Crippen LogP contribution in [0.4, 0.5) is 11.5 Å². The third kappa shape index (κ3) is 2.90. The second kappa shape index (κ2) is 6.17. The molecule has 1 aliphatic rings. The summed E-state index contributed by atoms with van der Waals surface area (Å²) >= 11 is 0. The first-order valence-electron chi connectivity index (χ1n) is 7.14. The van der Waals surface area contributed by atoms with Gasteiger partial charge in [-0.15, -0.1) is 0 Å². The molecule has 0 radical (unpaired) electrons. The Morgan fingerprint density at radius 2 is 2.35 bits per heavy atom. The monoisotopic (exact) mass is 278 g/mol. The summed E-state index contributed by atoms with van der Waals surface area (Å²) in [6.07, 6.45) is 4.72. The lowest BCUT2D eigenvalue weighted by Crippen LogP contribution is -2.47. The summed E-state index contributed by atoms with van der Waals surface area (Å²) in [6.45, 7) is 5.60. The van der Waals surface area contributed by atoms with Gasteiger partial charge in [0, 0.05) is 25.2 Å². The molecule has 2 heterocycles. The molecule has 6 heteroatoms. The highest BCUT2D eigenvalue weighted by molar-refractivity contribution is 5.51. The largest absolute Gasteiger partial charge is 0.352 e. The fourth-order valence-corrected chi connectivity index (χ4v) is 2.96. The van der Waals surface area contributed by atoms with Gasteiger partial charge in [-0.05, 0) is 31.2 Å². The number of aryl methyl sites for hydroxylation is 1. The SMILES string of the molecule is CCC1CCN(c2ncc([N+](=O)[O-])cc2C)C(CN)C1. The highest BCUT2D eigenvalue weighted by atomic mass is 16.6. The molecule has 1 fully saturated rings. The fraction of sp³-hybridized carbons (Fsp3) is 0.643. The predicted molar refractivity (Wildman–Crippen MR) is 78.8 cm³/mol. The maximum atomic E-state index is 10.8. The Balaban J connectivity index is 2.24. The summed E-state index contributed by atoms with van der Waals surface area (Å²) in [5.41, 5.74) is 6.78. The van der Waals surface area contributed by atoms with Crippen LogP contribution in [0.25, 0.3) is 0 Å². The maximum Gasteiger partial charge on any atom is 0.287 e. The average molecular weight is 278 g/mol. The fourth-order valence-electron chi connectivity index (χ4n) is 2.96. The number of rotatable bonds is 4. The molecule has 2 N–H and O–H groups in total. The summed E-state index contributed by atoms with van der Waals surface area (Å²) in [6, 6.07) is 1.86. The van der Waals surface area contributed by atoms with Crippen molar-refractivity contribution in [2.45, 2.75) is 39.2 Å². The number of hydrogen-bond acceptors (Lipinski definition) is 5. The summed E-state index contributed by atoms with van der Waals surface area (Å²) in [4.78, 5) is 16.9. The van der Waals surface area contributed by atoms with Crippen LogP contribution in [-0.4, -0.2) is 29.0 Å². The van der Waals surface area contributed by atoms with E-state index in [1.807, 2.05) is 6.92 Å². The van der Waals surface area contributed by atoms with Gasteiger partial charge in [-0.3, -0.25) is 10.1 Å². The number of nitrogens with two attached hydrogens (primary N) is 1. The van der Waals surface area contributed by atoms with Crippen molar-refractivity contribution in [3.8, 4) is 0 Å². The van der Waals surface area contributed by atoms with E-state index in [0.717, 1.165) is 36.7 Å². The van der Waals surface area contributed by atoms with Crippen molar-refractivity contribution in [2.75, 3.05) is 18.0 Å². The Labute approximate surface area is 119 Å². The van der Waals surface area contributed by atoms with E-state index in [9.17, 15) is 10.1 Å². The minimum atomic E-state index is -0.409. The van der Waals surface area contributed by atoms with Crippen LogP contribution in [0.5, 0.6) is 0 Å². The molecule has 1 aromatic rings. The first-order chi connectivity index (χ1) is 9.56. The van der Waals surface area contributed by atoms with Gasteiger partial charge in [-0.2, -0.15) is 0 Å². The van der Waals surface area contributed by atoms with Crippen molar-refractivity contribution >= 4 is 11.5 Å². The molecule has 6 nitrogen and oxygen atoms in total. The van der Waals surface area contributed by atoms with Gasteiger partial charge in [-0.25, -0.2) is 4.98 Å². The Morgan fingerprint density at radius 3 is 2.90 bits per heavy atom. The molecule has 2 rings (SSSR count). The zero-order valence-corrected chi connectivity index (χ0v) is 12.1. The second-order valence-electron chi connectivity index (χ2n) is 5.47. The van der Waals surface area contributed by atoms with Gasteiger partial charge in [0.2, 0.25) is 0 Å². The summed E-state index contributed by atoms with van der Waals surface area (Å²) in [7, 11) is 0. The van der Waals surface area contributed by atoms with Crippen molar-refractivity contribution in [3.63, 3.8) is 0 Å². The predicted octanol–water partition coefficient (Wildman–Crippen LogP) is 2.25. The first kappa shape index (κ1) is 14.7. The summed E-state index contributed by atoms with van der Waals surface area (Å²) < 4.78 is 0. The topological polar surface area (TPSA) is 85.3 Å². The molecule has 110 valence electrons. The average Bonchev–Trinajstić information content (AvgIpc) is 2.46. The van der Waals surface area contributed by atoms with Gasteiger partial charge in [0.15, 0.2) is 0 Å². The van der Waals surface area contributed by atoms with E-state index in [1.54, 1.807) is 6.07 Å². The van der Waals surface area contributed by atoms with Crippen molar-refractivity contribution in [1.82, 2.24) is 4.98 Å². The summed E-state index contributed by atoms with van der Waals surface area (Å²) in [5, 5.41) is 10.8. The Bertz CT molecular complexity index is 492. The highest BCUT2D eigenvalue weighted by Gasteiger charge is 2.28. The smallest absolute Gasteiger partial charge is 0.287 e. The van der Waals surface area contributed by atoms with Crippen molar-refractivity contribution < 1.29 is 4.92 Å². The lowest BCUT2D eigenvalue weighted by Gasteiger charge is -2.40. The number of aromatic nitrogens is 1. The zero-order valence-electron chi connectivity index (χ0n) is 12.1. The number of piperidine rings is 1. The zero-order chi connectivity index (χ0) is 14.7. The highest BCUT2D eigenvalue weighted by Crippen LogP contribution is 2.31.